The van der Waals surface area contributed by atoms with Crippen molar-refractivity contribution in [1.82, 2.24) is 20.0 Å². The van der Waals surface area contributed by atoms with E-state index in [-0.39, 0.29) is 24.2 Å². The van der Waals surface area contributed by atoms with Crippen molar-refractivity contribution < 1.29 is 9.59 Å². The number of nitrogens with zero attached hydrogens (tertiary/aromatic N) is 3. The molecule has 3 aromatic rings. The molecule has 0 unspecified atom stereocenters. The van der Waals surface area contributed by atoms with Crippen LogP contribution in [0.1, 0.15) is 23.1 Å². The van der Waals surface area contributed by atoms with Crippen LogP contribution in [0.2, 0.25) is 0 Å². The number of hydrogen-bond acceptors (Lipinski definition) is 3. The predicted molar refractivity (Wildman–Crippen MR) is 110 cm³/mol. The number of hydrogen-bond donors (Lipinski definition) is 1. The molecule has 1 fully saturated rings. The number of amides is 2. The van der Waals surface area contributed by atoms with Crippen molar-refractivity contribution in [3.8, 4) is 0 Å². The Kier molecular flexibility index (Phi) is 5.70. The molecule has 148 valence electrons. The van der Waals surface area contributed by atoms with Crippen molar-refractivity contribution in [1.29, 1.82) is 0 Å². The van der Waals surface area contributed by atoms with Gasteiger partial charge in [0.25, 0.3) is 0 Å². The minimum Gasteiger partial charge on any atom is -0.352 e. The first-order chi connectivity index (χ1) is 14.2. The lowest BCUT2D eigenvalue weighted by Gasteiger charge is -2.16. The number of carbonyl (C=O) groups is 2. The molecule has 0 bridgehead atoms. The molecule has 29 heavy (non-hydrogen) atoms. The van der Waals surface area contributed by atoms with Gasteiger partial charge in [-0.1, -0.05) is 54.6 Å². The summed E-state index contributed by atoms with van der Waals surface area (Å²) in [6, 6.07) is 19.9. The van der Waals surface area contributed by atoms with E-state index < -0.39 is 0 Å². The molecule has 2 heterocycles. The summed E-state index contributed by atoms with van der Waals surface area (Å²) in [5.74, 6) is -0.309. The maximum Gasteiger partial charge on any atom is 0.225 e. The van der Waals surface area contributed by atoms with Crippen LogP contribution in [-0.4, -0.2) is 33.0 Å². The van der Waals surface area contributed by atoms with Gasteiger partial charge in [0, 0.05) is 38.4 Å². The van der Waals surface area contributed by atoms with Crippen LogP contribution >= 0.6 is 0 Å². The Bertz CT molecular complexity index is 952. The molecule has 0 spiro atoms. The Labute approximate surface area is 170 Å². The number of carbonyl (C=O) groups excluding carboxylic acids is 2. The van der Waals surface area contributed by atoms with Crippen LogP contribution in [0.3, 0.4) is 0 Å². The van der Waals surface area contributed by atoms with E-state index in [2.05, 4.69) is 10.4 Å². The standard InChI is InChI=1S/C23H24N4O2/c28-22-13-21(17-26(22)15-19-5-2-1-3-6-19)23(29)24-14-18-7-9-20(10-8-18)16-27-12-4-11-25-27/h1-12,21H,13-17H2,(H,24,29)/t21-/m1/s1. The first-order valence-electron chi connectivity index (χ1n) is 9.82. The highest BCUT2D eigenvalue weighted by Gasteiger charge is 2.34. The van der Waals surface area contributed by atoms with Crippen molar-refractivity contribution in [2.75, 3.05) is 6.54 Å². The van der Waals surface area contributed by atoms with Crippen molar-refractivity contribution >= 4 is 11.8 Å². The second-order valence-corrected chi connectivity index (χ2v) is 7.40. The lowest BCUT2D eigenvalue weighted by molar-refractivity contribution is -0.129. The summed E-state index contributed by atoms with van der Waals surface area (Å²) in [4.78, 5) is 26.6. The van der Waals surface area contributed by atoms with Crippen molar-refractivity contribution in [2.45, 2.75) is 26.1 Å². The average Bonchev–Trinajstić information content (AvgIpc) is 3.38. The Hall–Kier alpha value is -3.41. The summed E-state index contributed by atoms with van der Waals surface area (Å²) in [6.45, 7) is 2.22. The summed E-state index contributed by atoms with van der Waals surface area (Å²) in [5.41, 5.74) is 3.27. The Balaban J connectivity index is 1.27. The second-order valence-electron chi connectivity index (χ2n) is 7.40. The zero-order valence-corrected chi connectivity index (χ0v) is 16.2. The molecule has 6 nitrogen and oxygen atoms in total. The molecule has 2 aromatic carbocycles. The fourth-order valence-electron chi connectivity index (χ4n) is 3.58. The second kappa shape index (κ2) is 8.73. The highest BCUT2D eigenvalue weighted by Crippen LogP contribution is 2.20. The molecule has 6 heteroatoms. The molecule has 1 aliphatic heterocycles. The summed E-state index contributed by atoms with van der Waals surface area (Å²) in [5, 5.41) is 7.18. The molecule has 1 saturated heterocycles. The van der Waals surface area contributed by atoms with Gasteiger partial charge in [-0.25, -0.2) is 0 Å². The fraction of sp³-hybridized carbons (Fsp3) is 0.261. The number of benzene rings is 2. The van der Waals surface area contributed by atoms with Gasteiger partial charge in [0.05, 0.1) is 12.5 Å². The lowest BCUT2D eigenvalue weighted by Crippen LogP contribution is -2.32. The van der Waals surface area contributed by atoms with Crippen LogP contribution in [0.25, 0.3) is 0 Å². The van der Waals surface area contributed by atoms with E-state index in [9.17, 15) is 9.59 Å². The molecule has 0 radical (unpaired) electrons. The average molecular weight is 388 g/mol. The van der Waals surface area contributed by atoms with Gasteiger partial charge in [0.15, 0.2) is 0 Å². The molecule has 1 aromatic heterocycles. The zero-order valence-electron chi connectivity index (χ0n) is 16.2. The van der Waals surface area contributed by atoms with Crippen LogP contribution in [0.15, 0.2) is 73.1 Å². The number of rotatable bonds is 7. The third-order valence-corrected chi connectivity index (χ3v) is 5.20. The van der Waals surface area contributed by atoms with E-state index in [1.165, 1.54) is 0 Å². The van der Waals surface area contributed by atoms with Gasteiger partial charge in [-0.2, -0.15) is 5.10 Å². The van der Waals surface area contributed by atoms with Gasteiger partial charge in [-0.15, -0.1) is 0 Å². The smallest absolute Gasteiger partial charge is 0.225 e. The van der Waals surface area contributed by atoms with Gasteiger partial charge in [0.2, 0.25) is 11.8 Å². The minimum atomic E-state index is -0.287. The van der Waals surface area contributed by atoms with Gasteiger partial charge in [0.1, 0.15) is 0 Å². The quantitative estimate of drug-likeness (QED) is 0.677. The summed E-state index contributed by atoms with van der Waals surface area (Å²) in [7, 11) is 0. The normalized spacial score (nSPS) is 16.2. The molecular formula is C23H24N4O2. The van der Waals surface area contributed by atoms with E-state index in [4.69, 9.17) is 0 Å². The monoisotopic (exact) mass is 388 g/mol. The van der Waals surface area contributed by atoms with E-state index in [0.717, 1.165) is 23.2 Å². The first kappa shape index (κ1) is 18.9. The molecule has 1 N–H and O–H groups in total. The SMILES string of the molecule is O=C(NCc1ccc(Cn2cccn2)cc1)[C@@H]1CC(=O)N(Cc2ccccc2)C1. The highest BCUT2D eigenvalue weighted by molar-refractivity contribution is 5.89. The number of likely N-dealkylation sites (tertiary alicyclic amines) is 1. The van der Waals surface area contributed by atoms with E-state index in [1.54, 1.807) is 11.1 Å². The maximum atomic E-state index is 12.5. The molecule has 1 atom stereocenters. The van der Waals surface area contributed by atoms with Crippen LogP contribution < -0.4 is 5.32 Å². The van der Waals surface area contributed by atoms with E-state index in [0.29, 0.717) is 19.6 Å². The summed E-state index contributed by atoms with van der Waals surface area (Å²) in [6.07, 6.45) is 3.97. The highest BCUT2D eigenvalue weighted by atomic mass is 16.2. The number of nitrogens with one attached hydrogen (secondary N) is 1. The Morgan fingerprint density at radius 2 is 1.69 bits per heavy atom. The molecule has 1 aliphatic rings. The van der Waals surface area contributed by atoms with Crippen molar-refractivity contribution in [2.24, 2.45) is 5.92 Å². The van der Waals surface area contributed by atoms with Crippen LogP contribution in [0.5, 0.6) is 0 Å². The molecular weight excluding hydrogens is 364 g/mol. The minimum absolute atomic E-state index is 0.0389. The van der Waals surface area contributed by atoms with Crippen LogP contribution in [-0.2, 0) is 29.2 Å². The molecule has 4 rings (SSSR count). The van der Waals surface area contributed by atoms with E-state index >= 15 is 0 Å². The van der Waals surface area contributed by atoms with Crippen molar-refractivity contribution in [3.63, 3.8) is 0 Å². The largest absolute Gasteiger partial charge is 0.352 e. The third-order valence-electron chi connectivity index (χ3n) is 5.20. The first-order valence-corrected chi connectivity index (χ1v) is 9.82. The zero-order chi connectivity index (χ0) is 20.1. The molecule has 0 saturated carbocycles. The van der Waals surface area contributed by atoms with Gasteiger partial charge >= 0.3 is 0 Å². The lowest BCUT2D eigenvalue weighted by atomic mass is 10.1. The number of aromatic nitrogens is 2. The summed E-state index contributed by atoms with van der Waals surface area (Å²) < 4.78 is 1.87. The van der Waals surface area contributed by atoms with Crippen molar-refractivity contribution in [3.05, 3.63) is 89.7 Å². The maximum absolute atomic E-state index is 12.5. The summed E-state index contributed by atoms with van der Waals surface area (Å²) >= 11 is 0. The van der Waals surface area contributed by atoms with Gasteiger partial charge < -0.3 is 10.2 Å². The Morgan fingerprint density at radius 1 is 0.966 bits per heavy atom. The Morgan fingerprint density at radius 3 is 2.41 bits per heavy atom. The molecule has 0 aliphatic carbocycles. The van der Waals surface area contributed by atoms with E-state index in [1.807, 2.05) is 71.5 Å². The van der Waals surface area contributed by atoms with Gasteiger partial charge in [-0.3, -0.25) is 14.3 Å². The van der Waals surface area contributed by atoms with Crippen LogP contribution in [0.4, 0.5) is 0 Å². The molecule has 2 amide bonds. The van der Waals surface area contributed by atoms with Gasteiger partial charge in [-0.05, 0) is 22.8 Å². The van der Waals surface area contributed by atoms with Crippen LogP contribution in [0, 0.1) is 5.92 Å². The third kappa shape index (κ3) is 4.90. The topological polar surface area (TPSA) is 67.2 Å². The fourth-order valence-corrected chi connectivity index (χ4v) is 3.58. The predicted octanol–water partition coefficient (Wildman–Crippen LogP) is 2.60.